The number of carbonyl (C=O) groups is 3. The Kier molecular flexibility index (Phi) is 8.97. The lowest BCUT2D eigenvalue weighted by Crippen LogP contribution is -2.74. The number of carboxylic acid groups (broad SMARTS) is 1. The van der Waals surface area contributed by atoms with Gasteiger partial charge in [0.05, 0.1) is 6.54 Å². The fourth-order valence-corrected chi connectivity index (χ4v) is 6.85. The number of tetrazole rings is 1. The quantitative estimate of drug-likeness (QED) is 0.0530. The predicted octanol–water partition coefficient (Wildman–Crippen LogP) is -2.60. The zero-order valence-electron chi connectivity index (χ0n) is 19.9. The highest BCUT2D eigenvalue weighted by Crippen LogP contribution is 2.44. The van der Waals surface area contributed by atoms with E-state index in [0.717, 1.165) is 11.5 Å². The van der Waals surface area contributed by atoms with Gasteiger partial charge < -0.3 is 37.4 Å². The summed E-state index contributed by atoms with van der Waals surface area (Å²) in [7, 11) is 0. The van der Waals surface area contributed by atoms with Crippen molar-refractivity contribution in [3.63, 3.8) is 0 Å². The molecule has 20 heteroatoms. The predicted molar refractivity (Wildman–Crippen MR) is 138 cm³/mol. The first-order chi connectivity index (χ1) is 18.3. The molecule has 0 aliphatic carbocycles. The smallest absolute Gasteiger partial charge is 0.313 e. The summed E-state index contributed by atoms with van der Waals surface area (Å²) in [6.07, 6.45) is 0.519. The minimum absolute atomic E-state index is 0.0238. The molecule has 2 fully saturated rings. The number of nitrogen functional groups attached to an aromatic ring is 1. The molecule has 2 amide bonds. The van der Waals surface area contributed by atoms with E-state index in [1.165, 1.54) is 33.1 Å². The van der Waals surface area contributed by atoms with Gasteiger partial charge in [-0.1, -0.05) is 16.9 Å². The van der Waals surface area contributed by atoms with Crippen molar-refractivity contribution in [3.05, 3.63) is 5.82 Å². The summed E-state index contributed by atoms with van der Waals surface area (Å²) in [5, 5.41) is 28.1. The number of anilines is 1. The molecule has 2 aliphatic rings. The highest BCUT2D eigenvalue weighted by atomic mass is 32.2. The van der Waals surface area contributed by atoms with Crippen molar-refractivity contribution in [2.75, 3.05) is 43.5 Å². The topological polar surface area (TPSA) is 256 Å². The molecule has 4 rings (SSSR count). The summed E-state index contributed by atoms with van der Waals surface area (Å²) < 4.78 is 5.51. The lowest BCUT2D eigenvalue weighted by atomic mass is 9.89. The van der Waals surface area contributed by atoms with Gasteiger partial charge in [0.2, 0.25) is 22.6 Å². The van der Waals surface area contributed by atoms with Crippen LogP contribution >= 0.6 is 35.1 Å². The van der Waals surface area contributed by atoms with E-state index < -0.39 is 34.6 Å². The maximum Gasteiger partial charge on any atom is 0.313 e. The molecule has 2 aromatic heterocycles. The number of aromatic nitrogens is 6. The van der Waals surface area contributed by atoms with E-state index in [2.05, 4.69) is 35.4 Å². The normalized spacial score (nSPS) is 23.1. The molecular formula is C18H26N12O5S3. The Labute approximate surface area is 228 Å². The largest absolute Gasteiger partial charge is 0.481 e. The number of nitrogens with zero attached hydrogens (tertiary/aromatic N) is 8. The van der Waals surface area contributed by atoms with Crippen molar-refractivity contribution < 1.29 is 24.3 Å². The van der Waals surface area contributed by atoms with E-state index in [9.17, 15) is 19.5 Å². The number of carbonyl (C=O) groups excluding carboxylic acids is 2. The Hall–Kier alpha value is -3.07. The number of nitrogens with one attached hydrogen (secondary N) is 1. The molecule has 0 spiro atoms. The fourth-order valence-electron chi connectivity index (χ4n) is 3.65. The van der Waals surface area contributed by atoms with Crippen LogP contribution in [-0.4, -0.2) is 112 Å². The Balaban J connectivity index is 1.41. The highest BCUT2D eigenvalue weighted by molar-refractivity contribution is 8.00. The monoisotopic (exact) mass is 586 g/mol. The molecule has 0 aromatic carbocycles. The van der Waals surface area contributed by atoms with Gasteiger partial charge >= 0.3 is 5.97 Å². The number of hydrogen-bond donors (Lipinski definition) is 5. The van der Waals surface area contributed by atoms with Crippen molar-refractivity contribution in [1.29, 1.82) is 0 Å². The SMILES string of the molecule is NCCCON=C(C(=O)NC1C(=O)N2CC(CSc3nnnn3CCN)(C(=O)O)CS[C@H]12)c1nsc(N)n1. The van der Waals surface area contributed by atoms with Gasteiger partial charge in [-0.2, -0.15) is 9.36 Å². The third kappa shape index (κ3) is 5.82. The number of thioether (sulfide) groups is 2. The average Bonchev–Trinajstić information content (AvgIpc) is 3.54. The molecule has 38 heavy (non-hydrogen) atoms. The van der Waals surface area contributed by atoms with Crippen LogP contribution < -0.4 is 22.5 Å². The van der Waals surface area contributed by atoms with E-state index in [1.54, 1.807) is 0 Å². The lowest BCUT2D eigenvalue weighted by molar-refractivity contribution is -0.157. The van der Waals surface area contributed by atoms with E-state index in [0.29, 0.717) is 31.2 Å². The van der Waals surface area contributed by atoms with Crippen LogP contribution in [-0.2, 0) is 25.8 Å². The highest BCUT2D eigenvalue weighted by Gasteiger charge is 2.57. The number of nitrogens with two attached hydrogens (primary N) is 3. The summed E-state index contributed by atoms with van der Waals surface area (Å²) in [5.74, 6) is -1.84. The van der Waals surface area contributed by atoms with Crippen molar-refractivity contribution >= 4 is 63.7 Å². The van der Waals surface area contributed by atoms with Crippen LogP contribution in [0.2, 0.25) is 0 Å². The van der Waals surface area contributed by atoms with E-state index >= 15 is 0 Å². The number of aliphatic carboxylic acids is 1. The summed E-state index contributed by atoms with van der Waals surface area (Å²) in [6, 6.07) is -0.881. The third-order valence-corrected chi connectivity index (χ3v) is 9.04. The maximum absolute atomic E-state index is 13.0. The molecule has 0 saturated carbocycles. The molecule has 206 valence electrons. The molecule has 2 saturated heterocycles. The molecule has 3 atom stereocenters. The van der Waals surface area contributed by atoms with E-state index in [-0.39, 0.29) is 41.3 Å². The summed E-state index contributed by atoms with van der Waals surface area (Å²) in [6.45, 7) is 1.25. The van der Waals surface area contributed by atoms with Gasteiger partial charge in [0, 0.05) is 36.1 Å². The second kappa shape index (κ2) is 12.2. The van der Waals surface area contributed by atoms with Crippen LogP contribution in [0.5, 0.6) is 0 Å². The van der Waals surface area contributed by atoms with Crippen LogP contribution in [0.25, 0.3) is 0 Å². The van der Waals surface area contributed by atoms with Gasteiger partial charge in [-0.25, -0.2) is 4.68 Å². The summed E-state index contributed by atoms with van der Waals surface area (Å²) in [4.78, 5) is 48.9. The minimum Gasteiger partial charge on any atom is -0.481 e. The molecule has 0 bridgehead atoms. The number of amides is 2. The zero-order chi connectivity index (χ0) is 27.3. The van der Waals surface area contributed by atoms with Crippen molar-refractivity contribution in [1.82, 2.24) is 39.8 Å². The molecular weight excluding hydrogens is 560 g/mol. The molecule has 8 N–H and O–H groups in total. The van der Waals surface area contributed by atoms with Gasteiger partial charge in [0.25, 0.3) is 5.91 Å². The van der Waals surface area contributed by atoms with Crippen molar-refractivity contribution in [3.8, 4) is 0 Å². The number of hydrogen-bond acceptors (Lipinski definition) is 16. The standard InChI is InChI=1S/C18H26N12O5S3/c19-2-1-5-35-25-9(11-23-16(21)38-26-11)12(31)22-10-13(32)29-6-18(15(33)34,7-36-14(10)29)8-37-17-24-27-28-30(17)4-3-20/h10,14H,1-8,19-20H2,(H,22,31)(H,33,34)(H2,21,23,26)/t10?,14-,18?/m1/s1. The first-order valence-electron chi connectivity index (χ1n) is 11.3. The van der Waals surface area contributed by atoms with Gasteiger partial charge in [0.1, 0.15) is 23.4 Å². The molecule has 2 aliphatic heterocycles. The molecule has 4 heterocycles. The third-order valence-electron chi connectivity index (χ3n) is 5.67. The number of fused-ring (bicyclic) bond motifs is 1. The first kappa shape index (κ1) is 28.0. The first-order valence-corrected chi connectivity index (χ1v) is 14.2. The van der Waals surface area contributed by atoms with Crippen molar-refractivity contribution in [2.45, 2.75) is 29.5 Å². The van der Waals surface area contributed by atoms with Crippen LogP contribution in [0.4, 0.5) is 5.13 Å². The van der Waals surface area contributed by atoms with Gasteiger partial charge in [-0.3, -0.25) is 14.4 Å². The second-order valence-electron chi connectivity index (χ2n) is 8.34. The molecule has 17 nitrogen and oxygen atoms in total. The Morgan fingerprint density at radius 3 is 2.84 bits per heavy atom. The Morgan fingerprint density at radius 1 is 1.34 bits per heavy atom. The Bertz CT molecular complexity index is 1210. The maximum atomic E-state index is 13.0. The van der Waals surface area contributed by atoms with E-state index in [4.69, 9.17) is 22.0 Å². The van der Waals surface area contributed by atoms with Crippen LogP contribution in [0, 0.1) is 5.41 Å². The van der Waals surface area contributed by atoms with Crippen molar-refractivity contribution in [2.24, 2.45) is 22.0 Å². The van der Waals surface area contributed by atoms with Gasteiger partial charge in [0.15, 0.2) is 5.13 Å². The molecule has 2 unspecified atom stereocenters. The second-order valence-corrected chi connectivity index (χ2v) is 11.2. The minimum atomic E-state index is -1.23. The fraction of sp³-hybridized carbons (Fsp3) is 0.611. The van der Waals surface area contributed by atoms with Gasteiger partial charge in [-0.05, 0) is 23.4 Å². The van der Waals surface area contributed by atoms with Crippen LogP contribution in [0.3, 0.4) is 0 Å². The zero-order valence-corrected chi connectivity index (χ0v) is 22.4. The summed E-state index contributed by atoms with van der Waals surface area (Å²) in [5.41, 5.74) is 15.2. The number of rotatable bonds is 13. The van der Waals surface area contributed by atoms with E-state index in [1.807, 2.05) is 0 Å². The van der Waals surface area contributed by atoms with Gasteiger partial charge in [-0.15, -0.1) is 16.9 Å². The summed E-state index contributed by atoms with van der Waals surface area (Å²) >= 11 is 3.35. The molecule has 0 radical (unpaired) electrons. The number of oxime groups is 1. The molecule has 2 aromatic rings. The Morgan fingerprint density at radius 2 is 2.16 bits per heavy atom. The number of carboxylic acids is 1. The lowest BCUT2D eigenvalue weighted by Gasteiger charge is -2.53. The number of β-lactam (4-membered cyclic amide) rings is 1. The average molecular weight is 587 g/mol. The van der Waals surface area contributed by atoms with Crippen LogP contribution in [0.1, 0.15) is 12.2 Å². The van der Waals surface area contributed by atoms with Crippen LogP contribution in [0.15, 0.2) is 10.3 Å².